The third-order valence-electron chi connectivity index (χ3n) is 6.36. The molecule has 34 heavy (non-hydrogen) atoms. The number of aliphatic hydroxyl groups excluding tert-OH is 1. The highest BCUT2D eigenvalue weighted by atomic mass is 16.6. The molecule has 0 saturated heterocycles. The topological polar surface area (TPSA) is 125 Å². The fourth-order valence-corrected chi connectivity index (χ4v) is 4.32. The average molecular weight is 465 g/mol. The summed E-state index contributed by atoms with van der Waals surface area (Å²) < 4.78 is 17.9. The zero-order valence-corrected chi connectivity index (χ0v) is 19.5. The van der Waals surface area contributed by atoms with Gasteiger partial charge in [0.2, 0.25) is 0 Å². The molecule has 0 spiro atoms. The number of fused-ring (bicyclic) bond motifs is 2. The number of hydrogen-bond donors (Lipinski definition) is 2. The molecule has 0 fully saturated rings. The van der Waals surface area contributed by atoms with Crippen molar-refractivity contribution < 1.29 is 23.8 Å². The quantitative estimate of drug-likeness (QED) is 0.310. The Bertz CT molecular complexity index is 1310. The molecule has 178 valence electrons. The summed E-state index contributed by atoms with van der Waals surface area (Å²) in [6.45, 7) is 5.20. The minimum absolute atomic E-state index is 0.156. The standard InChI is InChI=1S/C26H28N2O6/c1-4-17(9-10-29)24(31)34-25(2,3)26(13-16-5-7-22(27)28-15-16)14-19-11-18-6-8-23(30)32-20(18)12-21(19)33-26/h4-8,11-12,15,29H,9-10,13-14H2,1-3H3,(H2,27,28)/b17-4+/t26-/m0/s1. The summed E-state index contributed by atoms with van der Waals surface area (Å²) in [6.07, 6.45) is 4.37. The van der Waals surface area contributed by atoms with E-state index in [1.165, 1.54) is 6.07 Å². The van der Waals surface area contributed by atoms with Gasteiger partial charge in [-0.15, -0.1) is 0 Å². The maximum Gasteiger partial charge on any atom is 0.336 e. The number of nitrogen functional groups attached to an aromatic ring is 1. The zero-order chi connectivity index (χ0) is 24.5. The number of carbonyl (C=O) groups is 1. The summed E-state index contributed by atoms with van der Waals surface area (Å²) in [5.74, 6) is 0.463. The van der Waals surface area contributed by atoms with Crippen LogP contribution < -0.4 is 16.1 Å². The molecule has 1 aliphatic rings. The van der Waals surface area contributed by atoms with Crippen molar-refractivity contribution in [3.8, 4) is 5.75 Å². The molecule has 3 aromatic rings. The molecule has 0 unspecified atom stereocenters. The minimum Gasteiger partial charge on any atom is -0.482 e. The Hall–Kier alpha value is -3.65. The van der Waals surface area contributed by atoms with Crippen LogP contribution in [0.1, 0.15) is 38.3 Å². The van der Waals surface area contributed by atoms with E-state index in [-0.39, 0.29) is 13.0 Å². The minimum atomic E-state index is -1.08. The molecule has 3 heterocycles. The second-order valence-electron chi connectivity index (χ2n) is 8.98. The second-order valence-corrected chi connectivity index (χ2v) is 8.98. The van der Waals surface area contributed by atoms with Gasteiger partial charge in [0.05, 0.1) is 0 Å². The maximum absolute atomic E-state index is 12.9. The van der Waals surface area contributed by atoms with E-state index in [4.69, 9.17) is 19.6 Å². The van der Waals surface area contributed by atoms with Gasteiger partial charge in [-0.25, -0.2) is 14.6 Å². The summed E-state index contributed by atoms with van der Waals surface area (Å²) >= 11 is 0. The highest BCUT2D eigenvalue weighted by Crippen LogP contribution is 2.46. The number of aromatic nitrogens is 1. The Kier molecular flexibility index (Phi) is 6.18. The molecule has 1 atom stereocenters. The number of ether oxygens (including phenoxy) is 2. The molecule has 0 radical (unpaired) electrons. The van der Waals surface area contributed by atoms with E-state index in [0.29, 0.717) is 35.6 Å². The Balaban J connectivity index is 1.75. The molecule has 0 amide bonds. The number of hydrogen-bond acceptors (Lipinski definition) is 8. The lowest BCUT2D eigenvalue weighted by molar-refractivity contribution is -0.174. The number of allylic oxidation sites excluding steroid dienone is 1. The van der Waals surface area contributed by atoms with Crippen molar-refractivity contribution in [2.24, 2.45) is 0 Å². The third kappa shape index (κ3) is 4.41. The number of carbonyl (C=O) groups excluding carboxylic acids is 1. The van der Waals surface area contributed by atoms with Crippen molar-refractivity contribution in [1.29, 1.82) is 0 Å². The number of aliphatic hydroxyl groups is 1. The van der Waals surface area contributed by atoms with Crippen molar-refractivity contribution in [2.75, 3.05) is 12.3 Å². The van der Waals surface area contributed by atoms with Gasteiger partial charge in [0.25, 0.3) is 0 Å². The Morgan fingerprint density at radius 3 is 2.76 bits per heavy atom. The number of esters is 1. The van der Waals surface area contributed by atoms with E-state index in [1.807, 2.05) is 26.0 Å². The lowest BCUT2D eigenvalue weighted by Crippen LogP contribution is -2.57. The van der Waals surface area contributed by atoms with Gasteiger partial charge in [-0.1, -0.05) is 12.1 Å². The van der Waals surface area contributed by atoms with Crippen molar-refractivity contribution in [3.63, 3.8) is 0 Å². The monoisotopic (exact) mass is 464 g/mol. The van der Waals surface area contributed by atoms with Crippen LogP contribution in [-0.4, -0.2) is 33.9 Å². The Morgan fingerprint density at radius 1 is 1.29 bits per heavy atom. The number of pyridine rings is 1. The van der Waals surface area contributed by atoms with Crippen LogP contribution in [0.3, 0.4) is 0 Å². The van der Waals surface area contributed by atoms with Crippen molar-refractivity contribution in [1.82, 2.24) is 4.98 Å². The number of benzene rings is 1. The maximum atomic E-state index is 12.9. The van der Waals surface area contributed by atoms with Crippen LogP contribution >= 0.6 is 0 Å². The van der Waals surface area contributed by atoms with Crippen LogP contribution in [0.25, 0.3) is 11.0 Å². The first-order valence-corrected chi connectivity index (χ1v) is 11.1. The highest BCUT2D eigenvalue weighted by Gasteiger charge is 2.54. The first kappa shape index (κ1) is 23.5. The van der Waals surface area contributed by atoms with Crippen LogP contribution in [0, 0.1) is 0 Å². The number of anilines is 1. The van der Waals surface area contributed by atoms with Gasteiger partial charge < -0.3 is 24.7 Å². The molecule has 0 aliphatic carbocycles. The molecule has 4 rings (SSSR count). The molecular weight excluding hydrogens is 436 g/mol. The molecule has 1 aromatic carbocycles. The molecule has 8 nitrogen and oxygen atoms in total. The lowest BCUT2D eigenvalue weighted by Gasteiger charge is -2.42. The van der Waals surface area contributed by atoms with Gasteiger partial charge >= 0.3 is 11.6 Å². The largest absolute Gasteiger partial charge is 0.482 e. The number of nitrogens with zero attached hydrogens (tertiary/aromatic N) is 1. The fourth-order valence-electron chi connectivity index (χ4n) is 4.32. The van der Waals surface area contributed by atoms with Crippen LogP contribution in [0.5, 0.6) is 5.75 Å². The highest BCUT2D eigenvalue weighted by molar-refractivity contribution is 5.88. The van der Waals surface area contributed by atoms with Crippen LogP contribution in [0.15, 0.2) is 63.5 Å². The smallest absolute Gasteiger partial charge is 0.336 e. The molecule has 3 N–H and O–H groups in total. The van der Waals surface area contributed by atoms with E-state index >= 15 is 0 Å². The van der Waals surface area contributed by atoms with E-state index in [2.05, 4.69) is 4.98 Å². The number of rotatable bonds is 7. The van der Waals surface area contributed by atoms with E-state index in [0.717, 1.165) is 16.5 Å². The Morgan fingerprint density at radius 2 is 2.09 bits per heavy atom. The second kappa shape index (κ2) is 8.95. The molecular formula is C26H28N2O6. The van der Waals surface area contributed by atoms with Crippen LogP contribution in [0.4, 0.5) is 5.82 Å². The van der Waals surface area contributed by atoms with Crippen LogP contribution in [-0.2, 0) is 22.4 Å². The predicted octanol–water partition coefficient (Wildman–Crippen LogP) is 3.34. The van der Waals surface area contributed by atoms with Gasteiger partial charge in [-0.05, 0) is 50.1 Å². The molecule has 8 heteroatoms. The molecule has 0 saturated carbocycles. The van der Waals surface area contributed by atoms with Crippen molar-refractivity contribution in [3.05, 3.63) is 75.8 Å². The normalized spacial score (nSPS) is 17.9. The van der Waals surface area contributed by atoms with Gasteiger partial charge in [0.15, 0.2) is 5.60 Å². The molecule has 0 bridgehead atoms. The average Bonchev–Trinajstić information content (AvgIpc) is 3.15. The van der Waals surface area contributed by atoms with Gasteiger partial charge in [0.1, 0.15) is 22.8 Å². The number of nitrogens with two attached hydrogens (primary N) is 1. The summed E-state index contributed by atoms with van der Waals surface area (Å²) in [7, 11) is 0. The summed E-state index contributed by atoms with van der Waals surface area (Å²) in [5.41, 5.74) is 5.85. The molecule has 2 aromatic heterocycles. The first-order valence-electron chi connectivity index (χ1n) is 11.1. The SMILES string of the molecule is C/C=C(\CCO)C(=O)OC(C)(C)[C@]1(Cc2ccc(N)nc2)Cc2cc3ccc(=O)oc3cc2O1. The summed E-state index contributed by atoms with van der Waals surface area (Å²) in [4.78, 5) is 28.8. The van der Waals surface area contributed by atoms with Gasteiger partial charge in [-0.3, -0.25) is 0 Å². The zero-order valence-electron chi connectivity index (χ0n) is 19.5. The predicted molar refractivity (Wildman–Crippen MR) is 128 cm³/mol. The van der Waals surface area contributed by atoms with Crippen molar-refractivity contribution >= 4 is 22.8 Å². The fraction of sp³-hybridized carbons (Fsp3) is 0.346. The van der Waals surface area contributed by atoms with E-state index < -0.39 is 22.8 Å². The summed E-state index contributed by atoms with van der Waals surface area (Å²) in [6, 6.07) is 10.3. The van der Waals surface area contributed by atoms with E-state index in [9.17, 15) is 14.7 Å². The third-order valence-corrected chi connectivity index (χ3v) is 6.36. The van der Waals surface area contributed by atoms with Crippen molar-refractivity contribution in [2.45, 2.75) is 51.2 Å². The molecule has 1 aliphatic heterocycles. The van der Waals surface area contributed by atoms with Gasteiger partial charge in [-0.2, -0.15) is 0 Å². The Labute approximate surface area is 197 Å². The first-order chi connectivity index (χ1) is 16.2. The van der Waals surface area contributed by atoms with Gasteiger partial charge in [0, 0.05) is 55.2 Å². The van der Waals surface area contributed by atoms with Crippen LogP contribution in [0.2, 0.25) is 0 Å². The summed E-state index contributed by atoms with van der Waals surface area (Å²) in [5, 5.41) is 10.1. The van der Waals surface area contributed by atoms with E-state index in [1.54, 1.807) is 37.4 Å². The lowest BCUT2D eigenvalue weighted by atomic mass is 9.77.